The van der Waals surface area contributed by atoms with E-state index in [0.29, 0.717) is 18.8 Å². The molecule has 0 saturated carbocycles. The van der Waals surface area contributed by atoms with Gasteiger partial charge in [-0.25, -0.2) is 0 Å². The number of nitrogens with two attached hydrogens (primary N) is 2. The van der Waals surface area contributed by atoms with Gasteiger partial charge in [0.1, 0.15) is 0 Å². The summed E-state index contributed by atoms with van der Waals surface area (Å²) in [6, 6.07) is 24.1. The predicted octanol–water partition coefficient (Wildman–Crippen LogP) is 5.92. The van der Waals surface area contributed by atoms with E-state index in [4.69, 9.17) is 11.5 Å². The monoisotopic (exact) mass is 428 g/mol. The first kappa shape index (κ1) is 23.7. The van der Waals surface area contributed by atoms with Crippen molar-refractivity contribution < 1.29 is 4.79 Å². The zero-order valence-electron chi connectivity index (χ0n) is 19.4. The van der Waals surface area contributed by atoms with Gasteiger partial charge in [0.05, 0.1) is 0 Å². The summed E-state index contributed by atoms with van der Waals surface area (Å²) in [5, 5.41) is 0. The second kappa shape index (κ2) is 11.6. The molecule has 0 saturated heterocycles. The summed E-state index contributed by atoms with van der Waals surface area (Å²) < 4.78 is 0. The van der Waals surface area contributed by atoms with Crippen molar-refractivity contribution in [3.05, 3.63) is 83.4 Å². The van der Waals surface area contributed by atoms with Crippen molar-refractivity contribution in [2.45, 2.75) is 52.4 Å². The first-order valence-electron chi connectivity index (χ1n) is 11.8. The number of rotatable bonds is 11. The minimum atomic E-state index is -0.268. The summed E-state index contributed by atoms with van der Waals surface area (Å²) in [4.78, 5) is 11.5. The standard InChI is InChI=1S/C29H36N2O/c1-21(2)17-23-9-6-10-24(19-23)25-12-14-28(27(20-25)13-15-29(31)32)26-11-5-8-22(18-26)7-3-4-16-30/h5-6,8-12,14,18-21H,3-4,7,13,15-17,30H2,1-2H3,(H2,31,32). The van der Waals surface area contributed by atoms with Crippen molar-refractivity contribution in [2.75, 3.05) is 6.54 Å². The van der Waals surface area contributed by atoms with Crippen LogP contribution in [0.15, 0.2) is 66.7 Å². The molecule has 0 atom stereocenters. The van der Waals surface area contributed by atoms with Crippen LogP contribution in [0.1, 0.15) is 49.8 Å². The third-order valence-electron chi connectivity index (χ3n) is 5.81. The van der Waals surface area contributed by atoms with Gasteiger partial charge >= 0.3 is 0 Å². The highest BCUT2D eigenvalue weighted by Crippen LogP contribution is 2.31. The van der Waals surface area contributed by atoms with Gasteiger partial charge in [-0.2, -0.15) is 0 Å². The van der Waals surface area contributed by atoms with Crippen LogP contribution in [-0.2, 0) is 24.1 Å². The van der Waals surface area contributed by atoms with E-state index in [1.807, 2.05) is 0 Å². The van der Waals surface area contributed by atoms with Gasteiger partial charge in [-0.05, 0) is 83.5 Å². The maximum absolute atomic E-state index is 11.5. The SMILES string of the molecule is CC(C)Cc1cccc(-c2ccc(-c3cccc(CCCCN)c3)c(CCC(N)=O)c2)c1. The Labute approximate surface area is 192 Å². The Hall–Kier alpha value is -2.91. The zero-order chi connectivity index (χ0) is 22.9. The topological polar surface area (TPSA) is 69.1 Å². The molecule has 0 aliphatic carbocycles. The third-order valence-corrected chi connectivity index (χ3v) is 5.81. The van der Waals surface area contributed by atoms with Crippen molar-refractivity contribution in [3.63, 3.8) is 0 Å². The second-order valence-electron chi connectivity index (χ2n) is 9.08. The Kier molecular flexibility index (Phi) is 8.64. The van der Waals surface area contributed by atoms with E-state index in [0.717, 1.165) is 37.8 Å². The number of hydrogen-bond acceptors (Lipinski definition) is 2. The summed E-state index contributed by atoms with van der Waals surface area (Å²) in [7, 11) is 0. The number of primary amides is 1. The lowest BCUT2D eigenvalue weighted by atomic mass is 9.90. The summed E-state index contributed by atoms with van der Waals surface area (Å²) >= 11 is 0. The zero-order valence-corrected chi connectivity index (χ0v) is 19.4. The van der Waals surface area contributed by atoms with Gasteiger partial charge in [-0.15, -0.1) is 0 Å². The van der Waals surface area contributed by atoms with Crippen LogP contribution in [0.4, 0.5) is 0 Å². The normalized spacial score (nSPS) is 11.1. The van der Waals surface area contributed by atoms with Gasteiger partial charge in [0.25, 0.3) is 0 Å². The lowest BCUT2D eigenvalue weighted by molar-refractivity contribution is -0.117. The molecule has 0 aliphatic heterocycles. The van der Waals surface area contributed by atoms with Gasteiger partial charge in [0.15, 0.2) is 0 Å². The molecule has 32 heavy (non-hydrogen) atoms. The summed E-state index contributed by atoms with van der Waals surface area (Å²) in [5.41, 5.74) is 19.7. The quantitative estimate of drug-likeness (QED) is 0.372. The summed E-state index contributed by atoms with van der Waals surface area (Å²) in [6.07, 6.45) is 5.22. The van der Waals surface area contributed by atoms with Gasteiger partial charge in [-0.1, -0.05) is 80.6 Å². The Morgan fingerprint density at radius 2 is 1.50 bits per heavy atom. The second-order valence-corrected chi connectivity index (χ2v) is 9.08. The van der Waals surface area contributed by atoms with Crippen molar-refractivity contribution in [1.29, 1.82) is 0 Å². The van der Waals surface area contributed by atoms with Gasteiger partial charge in [-0.3, -0.25) is 4.79 Å². The molecule has 0 aliphatic rings. The fourth-order valence-electron chi connectivity index (χ4n) is 4.24. The molecule has 3 aromatic carbocycles. The molecule has 0 radical (unpaired) electrons. The number of carbonyl (C=O) groups excluding carboxylic acids is 1. The van der Waals surface area contributed by atoms with E-state index in [9.17, 15) is 4.79 Å². The van der Waals surface area contributed by atoms with Crippen molar-refractivity contribution in [1.82, 2.24) is 0 Å². The van der Waals surface area contributed by atoms with E-state index in [1.165, 1.54) is 33.4 Å². The Morgan fingerprint density at radius 3 is 2.22 bits per heavy atom. The molecule has 3 rings (SSSR count). The van der Waals surface area contributed by atoms with Crippen LogP contribution in [0.3, 0.4) is 0 Å². The Balaban J connectivity index is 1.95. The maximum atomic E-state index is 11.5. The molecular formula is C29H36N2O. The van der Waals surface area contributed by atoms with Crippen molar-refractivity contribution in [2.24, 2.45) is 17.4 Å². The average molecular weight is 429 g/mol. The smallest absolute Gasteiger partial charge is 0.217 e. The maximum Gasteiger partial charge on any atom is 0.217 e. The van der Waals surface area contributed by atoms with Crippen LogP contribution in [0.25, 0.3) is 22.3 Å². The van der Waals surface area contributed by atoms with Crippen LogP contribution in [0, 0.1) is 5.92 Å². The molecule has 0 heterocycles. The minimum absolute atomic E-state index is 0.268. The molecule has 1 amide bonds. The molecule has 4 N–H and O–H groups in total. The number of hydrogen-bond donors (Lipinski definition) is 2. The highest BCUT2D eigenvalue weighted by Gasteiger charge is 2.11. The van der Waals surface area contributed by atoms with Crippen LogP contribution in [0.5, 0.6) is 0 Å². The van der Waals surface area contributed by atoms with Crippen LogP contribution in [0.2, 0.25) is 0 Å². The highest BCUT2D eigenvalue weighted by molar-refractivity contribution is 5.77. The average Bonchev–Trinajstić information content (AvgIpc) is 2.77. The van der Waals surface area contributed by atoms with Crippen LogP contribution in [-0.4, -0.2) is 12.5 Å². The molecule has 0 unspecified atom stereocenters. The number of aryl methyl sites for hydroxylation is 2. The van der Waals surface area contributed by atoms with Crippen LogP contribution < -0.4 is 11.5 Å². The third kappa shape index (κ3) is 6.80. The lowest BCUT2D eigenvalue weighted by Crippen LogP contribution is -2.11. The molecular weight excluding hydrogens is 392 g/mol. The molecule has 168 valence electrons. The first-order chi connectivity index (χ1) is 15.5. The Morgan fingerprint density at radius 1 is 0.812 bits per heavy atom. The van der Waals surface area contributed by atoms with Gasteiger partial charge in [0.2, 0.25) is 5.91 Å². The van der Waals surface area contributed by atoms with Crippen molar-refractivity contribution >= 4 is 5.91 Å². The van der Waals surface area contributed by atoms with Crippen LogP contribution >= 0.6 is 0 Å². The largest absolute Gasteiger partial charge is 0.370 e. The van der Waals surface area contributed by atoms with E-state index in [2.05, 4.69) is 80.6 Å². The molecule has 3 aromatic rings. The number of carbonyl (C=O) groups is 1. The number of amides is 1. The van der Waals surface area contributed by atoms with Gasteiger partial charge in [0, 0.05) is 6.42 Å². The number of unbranched alkanes of at least 4 members (excludes halogenated alkanes) is 1. The van der Waals surface area contributed by atoms with E-state index >= 15 is 0 Å². The fourth-order valence-corrected chi connectivity index (χ4v) is 4.24. The molecule has 0 aromatic heterocycles. The lowest BCUT2D eigenvalue weighted by Gasteiger charge is -2.14. The Bertz CT molecular complexity index is 1040. The molecule has 3 heteroatoms. The molecule has 3 nitrogen and oxygen atoms in total. The summed E-state index contributed by atoms with van der Waals surface area (Å²) in [5.74, 6) is 0.353. The highest BCUT2D eigenvalue weighted by atomic mass is 16.1. The minimum Gasteiger partial charge on any atom is -0.370 e. The summed E-state index contributed by atoms with van der Waals surface area (Å²) in [6.45, 7) is 5.22. The molecule has 0 bridgehead atoms. The molecule has 0 spiro atoms. The van der Waals surface area contributed by atoms with E-state index in [-0.39, 0.29) is 5.91 Å². The van der Waals surface area contributed by atoms with Crippen molar-refractivity contribution in [3.8, 4) is 22.3 Å². The van der Waals surface area contributed by atoms with Gasteiger partial charge < -0.3 is 11.5 Å². The van der Waals surface area contributed by atoms with E-state index < -0.39 is 0 Å². The fraction of sp³-hybridized carbons (Fsp3) is 0.345. The number of benzene rings is 3. The molecule has 0 fully saturated rings. The predicted molar refractivity (Wildman–Crippen MR) is 135 cm³/mol. The first-order valence-corrected chi connectivity index (χ1v) is 11.8. The van der Waals surface area contributed by atoms with E-state index in [1.54, 1.807) is 0 Å².